The molecule has 2 heterocycles. The van der Waals surface area contributed by atoms with Crippen LogP contribution in [0.15, 0.2) is 52.5 Å². The molecule has 0 aliphatic rings. The summed E-state index contributed by atoms with van der Waals surface area (Å²) in [6.45, 7) is 1.82. The molecule has 1 aromatic carbocycles. The van der Waals surface area contributed by atoms with Gasteiger partial charge in [0.2, 0.25) is 0 Å². The Labute approximate surface area is 139 Å². The van der Waals surface area contributed by atoms with Gasteiger partial charge in [-0.05, 0) is 30.2 Å². The minimum absolute atomic E-state index is 0.241. The number of hydrogen-bond acceptors (Lipinski definition) is 4. The second-order valence-electron chi connectivity index (χ2n) is 5.16. The van der Waals surface area contributed by atoms with Crippen LogP contribution in [-0.4, -0.2) is 14.4 Å². The maximum atomic E-state index is 12.7. The molecule has 2 aromatic heterocycles. The molecule has 0 saturated carbocycles. The van der Waals surface area contributed by atoms with Crippen molar-refractivity contribution in [2.45, 2.75) is 24.0 Å². The van der Waals surface area contributed by atoms with Crippen LogP contribution in [0.5, 0.6) is 0 Å². The van der Waals surface area contributed by atoms with Gasteiger partial charge in [0.15, 0.2) is 5.16 Å². The third kappa shape index (κ3) is 3.43. The molecule has 0 spiro atoms. The summed E-state index contributed by atoms with van der Waals surface area (Å²) in [5, 5.41) is 0.242. The molecule has 3 rings (SSSR count). The highest BCUT2D eigenvalue weighted by Crippen LogP contribution is 2.30. The van der Waals surface area contributed by atoms with Gasteiger partial charge in [-0.15, -0.1) is 0 Å². The number of halogens is 3. The summed E-state index contributed by atoms with van der Waals surface area (Å²) >= 11 is 1.13. The van der Waals surface area contributed by atoms with Gasteiger partial charge in [0.05, 0.1) is 5.56 Å². The van der Waals surface area contributed by atoms with Crippen LogP contribution in [0.2, 0.25) is 0 Å². The summed E-state index contributed by atoms with van der Waals surface area (Å²) in [4.78, 5) is 20.2. The van der Waals surface area contributed by atoms with Crippen LogP contribution >= 0.6 is 11.8 Å². The van der Waals surface area contributed by atoms with E-state index in [2.05, 4.69) is 9.97 Å². The number of fused-ring (bicyclic) bond motifs is 1. The molecule has 0 fully saturated rings. The van der Waals surface area contributed by atoms with Gasteiger partial charge in [-0.3, -0.25) is 4.40 Å². The minimum Gasteiger partial charge on any atom is -0.251 e. The molecule has 0 aliphatic carbocycles. The fourth-order valence-electron chi connectivity index (χ4n) is 2.21. The normalized spacial score (nSPS) is 11.8. The van der Waals surface area contributed by atoms with Gasteiger partial charge in [-0.1, -0.05) is 36.0 Å². The van der Waals surface area contributed by atoms with E-state index < -0.39 is 17.4 Å². The van der Waals surface area contributed by atoms with Crippen molar-refractivity contribution >= 4 is 17.4 Å². The maximum absolute atomic E-state index is 12.7. The van der Waals surface area contributed by atoms with E-state index in [1.165, 1.54) is 10.5 Å². The molecule has 0 amide bonds. The first-order valence-corrected chi connectivity index (χ1v) is 7.98. The van der Waals surface area contributed by atoms with Crippen molar-refractivity contribution in [2.24, 2.45) is 0 Å². The zero-order valence-corrected chi connectivity index (χ0v) is 13.4. The van der Waals surface area contributed by atoms with E-state index in [1.807, 2.05) is 13.0 Å². The van der Waals surface area contributed by atoms with Gasteiger partial charge >= 0.3 is 11.9 Å². The molecule has 0 saturated heterocycles. The molecule has 0 bridgehead atoms. The number of benzene rings is 1. The van der Waals surface area contributed by atoms with Crippen molar-refractivity contribution in [2.75, 3.05) is 0 Å². The predicted molar refractivity (Wildman–Crippen MR) is 85.0 cm³/mol. The molecule has 3 aromatic rings. The summed E-state index contributed by atoms with van der Waals surface area (Å²) in [6.07, 6.45) is -2.80. The largest absolute Gasteiger partial charge is 0.416 e. The number of hydrogen-bond donors (Lipinski definition) is 0. The number of pyridine rings is 1. The molecule has 0 radical (unpaired) electrons. The molecule has 0 unspecified atom stereocenters. The van der Waals surface area contributed by atoms with Crippen LogP contribution < -0.4 is 5.69 Å². The first-order chi connectivity index (χ1) is 11.3. The van der Waals surface area contributed by atoms with E-state index in [0.717, 1.165) is 29.5 Å². The Kier molecular flexibility index (Phi) is 4.31. The maximum Gasteiger partial charge on any atom is 0.416 e. The van der Waals surface area contributed by atoms with E-state index in [4.69, 9.17) is 0 Å². The number of rotatable bonds is 3. The fraction of sp³-hybridized carbons (Fsp3) is 0.188. The Morgan fingerprint density at radius 2 is 1.96 bits per heavy atom. The number of alkyl halides is 3. The second kappa shape index (κ2) is 6.27. The third-order valence-corrected chi connectivity index (χ3v) is 4.30. The molecule has 0 atom stereocenters. The molecule has 0 N–H and O–H groups in total. The summed E-state index contributed by atoms with van der Waals surface area (Å²) < 4.78 is 39.5. The summed E-state index contributed by atoms with van der Waals surface area (Å²) in [7, 11) is 0. The van der Waals surface area contributed by atoms with Crippen LogP contribution in [0.4, 0.5) is 13.2 Å². The highest BCUT2D eigenvalue weighted by atomic mass is 32.2. The zero-order chi connectivity index (χ0) is 17.3. The first kappa shape index (κ1) is 16.5. The SMILES string of the molecule is Cc1cccn2c(=O)nc(SCc3cccc(C(F)(F)F)c3)nc12. The average Bonchev–Trinajstić information content (AvgIpc) is 2.53. The topological polar surface area (TPSA) is 47.3 Å². The van der Waals surface area contributed by atoms with E-state index >= 15 is 0 Å². The lowest BCUT2D eigenvalue weighted by Crippen LogP contribution is -2.19. The van der Waals surface area contributed by atoms with Crippen molar-refractivity contribution in [3.8, 4) is 0 Å². The Morgan fingerprint density at radius 3 is 2.71 bits per heavy atom. The van der Waals surface area contributed by atoms with Crippen molar-refractivity contribution in [3.63, 3.8) is 0 Å². The van der Waals surface area contributed by atoms with E-state index in [-0.39, 0.29) is 10.9 Å². The molecule has 24 heavy (non-hydrogen) atoms. The van der Waals surface area contributed by atoms with Gasteiger partial charge in [-0.2, -0.15) is 18.2 Å². The Morgan fingerprint density at radius 1 is 1.17 bits per heavy atom. The highest BCUT2D eigenvalue weighted by Gasteiger charge is 2.30. The molecular formula is C16H12F3N3OS. The number of aryl methyl sites for hydroxylation is 1. The quantitative estimate of drug-likeness (QED) is 0.675. The zero-order valence-electron chi connectivity index (χ0n) is 12.5. The smallest absolute Gasteiger partial charge is 0.251 e. The lowest BCUT2D eigenvalue weighted by atomic mass is 10.1. The Hall–Kier alpha value is -2.35. The monoisotopic (exact) mass is 351 g/mol. The first-order valence-electron chi connectivity index (χ1n) is 6.99. The minimum atomic E-state index is -4.38. The van der Waals surface area contributed by atoms with Crippen molar-refractivity contribution in [1.82, 2.24) is 14.4 Å². The standard InChI is InChI=1S/C16H12F3N3OS/c1-10-4-3-7-22-13(10)20-14(21-15(22)23)24-9-11-5-2-6-12(8-11)16(17,18)19/h2-8H,9H2,1H3. The Bertz CT molecular complexity index is 953. The van der Waals surface area contributed by atoms with Crippen LogP contribution in [0, 0.1) is 6.92 Å². The van der Waals surface area contributed by atoms with Gasteiger partial charge in [-0.25, -0.2) is 9.78 Å². The van der Waals surface area contributed by atoms with Crippen molar-refractivity contribution in [1.29, 1.82) is 0 Å². The lowest BCUT2D eigenvalue weighted by molar-refractivity contribution is -0.137. The fourth-order valence-corrected chi connectivity index (χ4v) is 2.98. The van der Waals surface area contributed by atoms with Crippen LogP contribution in [0.25, 0.3) is 5.65 Å². The van der Waals surface area contributed by atoms with Crippen LogP contribution in [0.3, 0.4) is 0 Å². The van der Waals surface area contributed by atoms with Crippen LogP contribution in [-0.2, 0) is 11.9 Å². The average molecular weight is 351 g/mol. The molecule has 124 valence electrons. The van der Waals surface area contributed by atoms with Gasteiger partial charge in [0, 0.05) is 11.9 Å². The molecule has 0 aliphatic heterocycles. The molecule has 4 nitrogen and oxygen atoms in total. The summed E-state index contributed by atoms with van der Waals surface area (Å²) in [5.41, 5.74) is 0.636. The number of nitrogens with zero attached hydrogens (tertiary/aromatic N) is 3. The molecular weight excluding hydrogens is 339 g/mol. The third-order valence-electron chi connectivity index (χ3n) is 3.38. The van der Waals surface area contributed by atoms with Gasteiger partial charge < -0.3 is 0 Å². The number of aromatic nitrogens is 3. The summed E-state index contributed by atoms with van der Waals surface area (Å²) in [6, 6.07) is 8.62. The van der Waals surface area contributed by atoms with Crippen molar-refractivity contribution < 1.29 is 13.2 Å². The number of thioether (sulfide) groups is 1. The Balaban J connectivity index is 1.86. The molecule has 8 heteroatoms. The van der Waals surface area contributed by atoms with E-state index in [1.54, 1.807) is 18.3 Å². The van der Waals surface area contributed by atoms with Crippen molar-refractivity contribution in [3.05, 3.63) is 69.8 Å². The summed E-state index contributed by atoms with van der Waals surface area (Å²) in [5.74, 6) is 0.241. The highest BCUT2D eigenvalue weighted by molar-refractivity contribution is 7.98. The predicted octanol–water partition coefficient (Wildman–Crippen LogP) is 3.71. The van der Waals surface area contributed by atoms with E-state index in [0.29, 0.717) is 11.2 Å². The lowest BCUT2D eigenvalue weighted by Gasteiger charge is -2.08. The van der Waals surface area contributed by atoms with Gasteiger partial charge in [0.1, 0.15) is 5.65 Å². The van der Waals surface area contributed by atoms with Crippen LogP contribution in [0.1, 0.15) is 16.7 Å². The van der Waals surface area contributed by atoms with Gasteiger partial charge in [0.25, 0.3) is 0 Å². The second-order valence-corrected chi connectivity index (χ2v) is 6.10. The van der Waals surface area contributed by atoms with E-state index in [9.17, 15) is 18.0 Å².